The number of hydrogen-bond acceptors (Lipinski definition) is 6. The van der Waals surface area contributed by atoms with E-state index in [4.69, 9.17) is 0 Å². The fraction of sp³-hybridized carbons (Fsp3) is 0.500. The Morgan fingerprint density at radius 3 is 2.59 bits per heavy atom. The molecular weight excluding hydrogens is 299 g/mol. The highest BCUT2D eigenvalue weighted by Crippen LogP contribution is 2.19. The van der Waals surface area contributed by atoms with Crippen molar-refractivity contribution in [3.63, 3.8) is 0 Å². The molecule has 2 aromatic rings. The highest BCUT2D eigenvalue weighted by atomic mass is 19.3. The van der Waals surface area contributed by atoms with E-state index in [1.54, 1.807) is 0 Å². The smallest absolute Gasteiger partial charge is 0.299 e. The first-order valence-electron chi connectivity index (χ1n) is 6.76. The molecule has 10 heteroatoms. The van der Waals surface area contributed by atoms with Crippen molar-refractivity contribution in [1.29, 1.82) is 0 Å². The Bertz CT molecular complexity index is 667. The minimum Gasteiger partial charge on any atom is -0.338 e. The molecule has 1 aliphatic heterocycles. The van der Waals surface area contributed by atoms with Gasteiger partial charge in [-0.05, 0) is 6.92 Å². The van der Waals surface area contributed by atoms with Crippen LogP contribution in [0.5, 0.6) is 0 Å². The minimum absolute atomic E-state index is 0.138. The Morgan fingerprint density at radius 1 is 1.23 bits per heavy atom. The lowest BCUT2D eigenvalue weighted by Crippen LogP contribution is -2.44. The van der Waals surface area contributed by atoms with Crippen LogP contribution in [0.25, 0.3) is 5.82 Å². The zero-order valence-electron chi connectivity index (χ0n) is 11.8. The van der Waals surface area contributed by atoms with Gasteiger partial charge in [-0.2, -0.15) is 9.67 Å². The molecule has 3 heterocycles. The zero-order valence-corrected chi connectivity index (χ0v) is 11.8. The molecule has 0 saturated carbocycles. The molecule has 1 saturated heterocycles. The molecule has 3 rings (SSSR count). The van der Waals surface area contributed by atoms with Crippen molar-refractivity contribution >= 4 is 5.95 Å². The molecule has 0 spiro atoms. The van der Waals surface area contributed by atoms with Gasteiger partial charge in [-0.3, -0.25) is 0 Å². The molecule has 0 radical (unpaired) electrons. The van der Waals surface area contributed by atoms with Gasteiger partial charge in [0.25, 0.3) is 6.43 Å². The molecule has 0 bridgehead atoms. The maximum Gasteiger partial charge on any atom is 0.299 e. The Labute approximate surface area is 124 Å². The van der Waals surface area contributed by atoms with Gasteiger partial charge in [0.15, 0.2) is 11.6 Å². The van der Waals surface area contributed by atoms with Gasteiger partial charge in [-0.15, -0.1) is 5.10 Å². The number of hydrogen-bond donors (Lipinski definition) is 1. The molecule has 0 atom stereocenters. The second-order valence-corrected chi connectivity index (χ2v) is 4.81. The van der Waals surface area contributed by atoms with Crippen LogP contribution in [0.2, 0.25) is 0 Å². The van der Waals surface area contributed by atoms with Gasteiger partial charge in [0.1, 0.15) is 5.82 Å². The monoisotopic (exact) mass is 313 g/mol. The molecule has 22 heavy (non-hydrogen) atoms. The molecule has 0 aliphatic carbocycles. The molecule has 0 aromatic carbocycles. The lowest BCUT2D eigenvalue weighted by Gasteiger charge is -2.27. The van der Waals surface area contributed by atoms with Crippen LogP contribution < -0.4 is 10.2 Å². The molecule has 7 nitrogen and oxygen atoms in total. The van der Waals surface area contributed by atoms with Crippen molar-refractivity contribution < 1.29 is 13.2 Å². The molecule has 118 valence electrons. The van der Waals surface area contributed by atoms with Crippen LogP contribution in [0.1, 0.15) is 18.1 Å². The van der Waals surface area contributed by atoms with Crippen molar-refractivity contribution in [3.05, 3.63) is 23.7 Å². The van der Waals surface area contributed by atoms with Crippen molar-refractivity contribution in [2.45, 2.75) is 13.3 Å². The summed E-state index contributed by atoms with van der Waals surface area (Å²) in [5, 5.41) is 6.81. The predicted molar refractivity (Wildman–Crippen MR) is 71.7 cm³/mol. The van der Waals surface area contributed by atoms with E-state index in [1.807, 2.05) is 4.90 Å². The molecule has 0 amide bonds. The van der Waals surface area contributed by atoms with E-state index in [1.165, 1.54) is 6.92 Å². The summed E-state index contributed by atoms with van der Waals surface area (Å²) in [7, 11) is 0. The van der Waals surface area contributed by atoms with Crippen molar-refractivity contribution in [3.8, 4) is 5.82 Å². The van der Waals surface area contributed by atoms with E-state index in [-0.39, 0.29) is 11.6 Å². The summed E-state index contributed by atoms with van der Waals surface area (Å²) in [5.74, 6) is -1.10. The average Bonchev–Trinajstić information content (AvgIpc) is 2.91. The Morgan fingerprint density at radius 2 is 1.95 bits per heavy atom. The van der Waals surface area contributed by atoms with Crippen LogP contribution in [-0.2, 0) is 0 Å². The van der Waals surface area contributed by atoms with E-state index in [0.717, 1.165) is 24.0 Å². The van der Waals surface area contributed by atoms with Crippen LogP contribution in [0.3, 0.4) is 0 Å². The molecule has 2 aromatic heterocycles. The van der Waals surface area contributed by atoms with Crippen LogP contribution in [0.15, 0.2) is 6.20 Å². The number of aromatic nitrogens is 5. The zero-order chi connectivity index (χ0) is 15.7. The molecular formula is C12H14F3N7. The Balaban J connectivity index is 1.99. The van der Waals surface area contributed by atoms with E-state index in [9.17, 15) is 13.2 Å². The summed E-state index contributed by atoms with van der Waals surface area (Å²) in [6, 6.07) is 0. The third kappa shape index (κ3) is 2.73. The number of alkyl halides is 2. The van der Waals surface area contributed by atoms with Crippen molar-refractivity contribution in [2.24, 2.45) is 0 Å². The largest absolute Gasteiger partial charge is 0.338 e. The van der Waals surface area contributed by atoms with Crippen molar-refractivity contribution in [2.75, 3.05) is 31.1 Å². The molecule has 1 N–H and O–H groups in total. The van der Waals surface area contributed by atoms with E-state index in [0.29, 0.717) is 19.0 Å². The number of rotatable bonds is 3. The van der Waals surface area contributed by atoms with Crippen LogP contribution >= 0.6 is 0 Å². The summed E-state index contributed by atoms with van der Waals surface area (Å²) >= 11 is 0. The number of nitrogens with zero attached hydrogens (tertiary/aromatic N) is 6. The SMILES string of the molecule is Cc1nc(C(F)F)nn1-c1nc(N2CCNCC2)ncc1F. The summed E-state index contributed by atoms with van der Waals surface area (Å²) in [6.45, 7) is 4.38. The van der Waals surface area contributed by atoms with Crippen LogP contribution in [0, 0.1) is 12.7 Å². The third-order valence-electron chi connectivity index (χ3n) is 3.29. The first-order valence-corrected chi connectivity index (χ1v) is 6.76. The fourth-order valence-corrected chi connectivity index (χ4v) is 2.22. The maximum absolute atomic E-state index is 14.0. The second-order valence-electron chi connectivity index (χ2n) is 4.81. The summed E-state index contributed by atoms with van der Waals surface area (Å²) in [6.07, 6.45) is -1.81. The van der Waals surface area contributed by atoms with Crippen LogP contribution in [-0.4, -0.2) is 50.9 Å². The summed E-state index contributed by atoms with van der Waals surface area (Å²) < 4.78 is 40.3. The highest BCUT2D eigenvalue weighted by Gasteiger charge is 2.21. The van der Waals surface area contributed by atoms with Crippen LogP contribution in [0.4, 0.5) is 19.1 Å². The second kappa shape index (κ2) is 5.87. The highest BCUT2D eigenvalue weighted by molar-refractivity contribution is 5.36. The topological polar surface area (TPSA) is 71.8 Å². The summed E-state index contributed by atoms with van der Waals surface area (Å²) in [5.41, 5.74) is 0. The molecule has 0 unspecified atom stereocenters. The first-order chi connectivity index (χ1) is 10.6. The minimum atomic E-state index is -2.82. The van der Waals surface area contributed by atoms with E-state index >= 15 is 0 Å². The van der Waals surface area contributed by atoms with Gasteiger partial charge in [-0.1, -0.05) is 0 Å². The predicted octanol–water partition coefficient (Wildman–Crippen LogP) is 0.852. The average molecular weight is 313 g/mol. The van der Waals surface area contributed by atoms with Gasteiger partial charge in [-0.25, -0.2) is 23.1 Å². The van der Waals surface area contributed by atoms with Gasteiger partial charge < -0.3 is 10.2 Å². The van der Waals surface area contributed by atoms with Gasteiger partial charge in [0, 0.05) is 26.2 Å². The number of halogens is 3. The lowest BCUT2D eigenvalue weighted by molar-refractivity contribution is 0.140. The molecule has 1 fully saturated rings. The third-order valence-corrected chi connectivity index (χ3v) is 3.29. The lowest BCUT2D eigenvalue weighted by atomic mass is 10.4. The number of piperazine rings is 1. The summed E-state index contributed by atoms with van der Waals surface area (Å²) in [4.78, 5) is 13.6. The van der Waals surface area contributed by atoms with E-state index < -0.39 is 18.1 Å². The van der Waals surface area contributed by atoms with Gasteiger partial charge in [0.05, 0.1) is 6.20 Å². The fourth-order valence-electron chi connectivity index (χ4n) is 2.22. The number of anilines is 1. The van der Waals surface area contributed by atoms with Crippen molar-refractivity contribution in [1.82, 2.24) is 30.0 Å². The maximum atomic E-state index is 14.0. The number of aryl methyl sites for hydroxylation is 1. The quantitative estimate of drug-likeness (QED) is 0.906. The Kier molecular flexibility index (Phi) is 3.92. The number of nitrogens with one attached hydrogen (secondary N) is 1. The van der Waals surface area contributed by atoms with Gasteiger partial charge in [0.2, 0.25) is 11.8 Å². The standard InChI is InChI=1S/C12H14F3N7/c1-7-18-10(9(14)15)20-22(7)11-8(13)6-17-12(19-11)21-4-2-16-3-5-21/h6,9,16H,2-5H2,1H3. The normalized spacial score (nSPS) is 15.6. The first kappa shape index (κ1) is 14.7. The van der Waals surface area contributed by atoms with E-state index in [2.05, 4.69) is 25.4 Å². The Hall–Kier alpha value is -2.23. The van der Waals surface area contributed by atoms with Gasteiger partial charge >= 0.3 is 0 Å². The molecule has 1 aliphatic rings.